The van der Waals surface area contributed by atoms with Gasteiger partial charge in [0, 0.05) is 12.2 Å². The molecule has 172 valence electrons. The van der Waals surface area contributed by atoms with Gasteiger partial charge in [-0.1, -0.05) is 0 Å². The summed E-state index contributed by atoms with van der Waals surface area (Å²) in [7, 11) is 2.27. The molecule has 1 atom stereocenters. The van der Waals surface area contributed by atoms with Gasteiger partial charge in [-0.05, 0) is 37.3 Å². The molecule has 32 heavy (non-hydrogen) atoms. The highest BCUT2D eigenvalue weighted by molar-refractivity contribution is 7.98. The highest BCUT2D eigenvalue weighted by Crippen LogP contribution is 2.42. The van der Waals surface area contributed by atoms with E-state index in [0.29, 0.717) is 18.6 Å². The number of pyridine rings is 1. The summed E-state index contributed by atoms with van der Waals surface area (Å²) in [6.45, 7) is 0. The van der Waals surface area contributed by atoms with Crippen molar-refractivity contribution in [3.63, 3.8) is 0 Å². The summed E-state index contributed by atoms with van der Waals surface area (Å²) < 4.78 is 26.0. The van der Waals surface area contributed by atoms with Crippen LogP contribution in [0.1, 0.15) is 35.7 Å². The average molecular weight is 467 g/mol. The molecular formula is C20H22FN3O7S. The van der Waals surface area contributed by atoms with Crippen LogP contribution < -0.4 is 10.7 Å². The Labute approximate surface area is 186 Å². The number of carbonyl (C=O) groups excluding carboxylic acids is 2. The molecule has 1 aromatic heterocycles. The standard InChI is InChI=1S/C20H22FN3O7S/c1-30-19(26)12-9-23(10-4-5-10)16-11(18(12)25)8-13(21)15(17(16)24(28)29)22-14(6-7-32-3)20(27)31-2/h8-10,14,22H,4-7H2,1-3H3. The van der Waals surface area contributed by atoms with Gasteiger partial charge in [-0.15, -0.1) is 0 Å². The molecule has 0 radical (unpaired) electrons. The fourth-order valence-corrected chi connectivity index (χ4v) is 3.95. The average Bonchev–Trinajstić information content (AvgIpc) is 3.61. The van der Waals surface area contributed by atoms with Crippen LogP contribution in [0.15, 0.2) is 17.1 Å². The van der Waals surface area contributed by atoms with Gasteiger partial charge in [0.15, 0.2) is 11.5 Å². The van der Waals surface area contributed by atoms with Crippen LogP contribution in [0.2, 0.25) is 0 Å². The largest absolute Gasteiger partial charge is 0.467 e. The Kier molecular flexibility index (Phi) is 7.02. The number of nitrogens with zero attached hydrogens (tertiary/aromatic N) is 2. The number of nitro groups is 1. The second kappa shape index (κ2) is 9.55. The Morgan fingerprint density at radius 2 is 2.06 bits per heavy atom. The minimum atomic E-state index is -1.09. The normalized spacial score (nSPS) is 14.1. The first-order valence-corrected chi connectivity index (χ1v) is 11.1. The van der Waals surface area contributed by atoms with E-state index < -0.39 is 45.5 Å². The SMILES string of the molecule is COC(=O)c1cn(C2CC2)c2c([N+](=O)[O-])c(NC(CCSC)C(=O)OC)c(F)cc2c1=O. The van der Waals surface area contributed by atoms with Crippen molar-refractivity contribution < 1.29 is 28.4 Å². The van der Waals surface area contributed by atoms with Crippen LogP contribution in [0.5, 0.6) is 0 Å². The number of ether oxygens (including phenoxy) is 2. The first kappa shape index (κ1) is 23.5. The van der Waals surface area contributed by atoms with Crippen molar-refractivity contribution in [2.45, 2.75) is 31.3 Å². The minimum Gasteiger partial charge on any atom is -0.467 e. The molecule has 3 rings (SSSR count). The predicted molar refractivity (Wildman–Crippen MR) is 117 cm³/mol. The number of halogens is 1. The van der Waals surface area contributed by atoms with Gasteiger partial charge in [-0.3, -0.25) is 14.9 Å². The molecular weight excluding hydrogens is 445 g/mol. The number of anilines is 1. The van der Waals surface area contributed by atoms with Gasteiger partial charge in [0.2, 0.25) is 5.43 Å². The maximum Gasteiger partial charge on any atom is 0.343 e. The Hall–Kier alpha value is -3.15. The molecule has 1 fully saturated rings. The lowest BCUT2D eigenvalue weighted by molar-refractivity contribution is -0.382. The fourth-order valence-electron chi connectivity index (χ4n) is 3.48. The van der Waals surface area contributed by atoms with Gasteiger partial charge >= 0.3 is 17.6 Å². The number of hydrogen-bond acceptors (Lipinski definition) is 9. The monoisotopic (exact) mass is 467 g/mol. The van der Waals surface area contributed by atoms with E-state index in [2.05, 4.69) is 10.1 Å². The summed E-state index contributed by atoms with van der Waals surface area (Å²) in [6.07, 6.45) is 4.62. The molecule has 0 bridgehead atoms. The predicted octanol–water partition coefficient (Wildman–Crippen LogP) is 2.88. The number of rotatable bonds is 9. The van der Waals surface area contributed by atoms with E-state index in [1.165, 1.54) is 29.6 Å². The number of esters is 2. The maximum absolute atomic E-state index is 15.1. The molecule has 2 aromatic rings. The number of fused-ring (bicyclic) bond motifs is 1. The molecule has 1 saturated carbocycles. The zero-order valence-corrected chi connectivity index (χ0v) is 18.5. The van der Waals surface area contributed by atoms with Crippen molar-refractivity contribution in [3.05, 3.63) is 44.0 Å². The molecule has 1 unspecified atom stereocenters. The van der Waals surface area contributed by atoms with Gasteiger partial charge in [0.05, 0.1) is 24.5 Å². The third kappa shape index (κ3) is 4.40. The number of benzene rings is 1. The number of carbonyl (C=O) groups is 2. The second-order valence-corrected chi connectivity index (χ2v) is 8.22. The minimum absolute atomic E-state index is 0.118. The summed E-state index contributed by atoms with van der Waals surface area (Å²) in [5.41, 5.74) is -2.53. The topological polar surface area (TPSA) is 130 Å². The zero-order chi connectivity index (χ0) is 23.6. The number of nitro benzene ring substituents is 1. The summed E-state index contributed by atoms with van der Waals surface area (Å²) in [5, 5.41) is 14.4. The third-order valence-electron chi connectivity index (χ3n) is 5.18. The number of methoxy groups -OCH3 is 2. The van der Waals surface area contributed by atoms with E-state index in [1.807, 2.05) is 6.26 Å². The first-order chi connectivity index (χ1) is 15.2. The van der Waals surface area contributed by atoms with Gasteiger partial charge in [0.1, 0.15) is 17.1 Å². The molecule has 10 nitrogen and oxygen atoms in total. The smallest absolute Gasteiger partial charge is 0.343 e. The van der Waals surface area contributed by atoms with Gasteiger partial charge in [-0.25, -0.2) is 14.0 Å². The summed E-state index contributed by atoms with van der Waals surface area (Å²) in [5.74, 6) is -2.19. The second-order valence-electron chi connectivity index (χ2n) is 7.24. The highest BCUT2D eigenvalue weighted by atomic mass is 32.2. The molecule has 0 amide bonds. The molecule has 1 heterocycles. The van der Waals surface area contributed by atoms with E-state index in [1.54, 1.807) is 0 Å². The Morgan fingerprint density at radius 3 is 2.59 bits per heavy atom. The summed E-state index contributed by atoms with van der Waals surface area (Å²) in [6, 6.07) is -0.374. The summed E-state index contributed by atoms with van der Waals surface area (Å²) in [4.78, 5) is 48.4. The zero-order valence-electron chi connectivity index (χ0n) is 17.7. The molecule has 0 aliphatic heterocycles. The first-order valence-electron chi connectivity index (χ1n) is 9.72. The number of nitrogens with one attached hydrogen (secondary N) is 1. The lowest BCUT2D eigenvalue weighted by Crippen LogP contribution is -2.32. The van der Waals surface area contributed by atoms with E-state index >= 15 is 4.39 Å². The number of hydrogen-bond donors (Lipinski definition) is 1. The van der Waals surface area contributed by atoms with E-state index in [0.717, 1.165) is 13.2 Å². The van der Waals surface area contributed by atoms with Crippen molar-refractivity contribution in [3.8, 4) is 0 Å². The van der Waals surface area contributed by atoms with Crippen LogP contribution >= 0.6 is 11.8 Å². The van der Waals surface area contributed by atoms with Gasteiger partial charge < -0.3 is 19.4 Å². The van der Waals surface area contributed by atoms with Crippen molar-refractivity contribution in [1.82, 2.24) is 4.57 Å². The van der Waals surface area contributed by atoms with Crippen LogP contribution in [-0.4, -0.2) is 53.7 Å². The molecule has 1 aromatic carbocycles. The Morgan fingerprint density at radius 1 is 1.38 bits per heavy atom. The number of thioether (sulfide) groups is 1. The third-order valence-corrected chi connectivity index (χ3v) is 5.83. The van der Waals surface area contributed by atoms with Gasteiger partial charge in [-0.2, -0.15) is 11.8 Å². The lowest BCUT2D eigenvalue weighted by atomic mass is 10.1. The van der Waals surface area contributed by atoms with E-state index in [-0.39, 0.29) is 28.9 Å². The fraction of sp³-hybridized carbons (Fsp3) is 0.450. The van der Waals surface area contributed by atoms with Crippen LogP contribution in [0.3, 0.4) is 0 Å². The Balaban J connectivity index is 2.30. The Bertz CT molecular complexity index is 1150. The molecule has 1 aliphatic carbocycles. The van der Waals surface area contributed by atoms with Crippen molar-refractivity contribution in [1.29, 1.82) is 0 Å². The van der Waals surface area contributed by atoms with E-state index in [4.69, 9.17) is 4.74 Å². The molecule has 12 heteroatoms. The molecule has 1 aliphatic rings. The van der Waals surface area contributed by atoms with Crippen LogP contribution in [0.4, 0.5) is 15.8 Å². The highest BCUT2D eigenvalue weighted by Gasteiger charge is 2.35. The molecule has 1 N–H and O–H groups in total. The van der Waals surface area contributed by atoms with E-state index in [9.17, 15) is 24.5 Å². The number of aromatic nitrogens is 1. The van der Waals surface area contributed by atoms with Crippen LogP contribution in [-0.2, 0) is 14.3 Å². The van der Waals surface area contributed by atoms with Crippen molar-refractivity contribution >= 4 is 46.0 Å². The maximum atomic E-state index is 15.1. The van der Waals surface area contributed by atoms with Crippen molar-refractivity contribution in [2.24, 2.45) is 0 Å². The van der Waals surface area contributed by atoms with Crippen molar-refractivity contribution in [2.75, 3.05) is 31.5 Å². The van der Waals surface area contributed by atoms with Gasteiger partial charge in [0.25, 0.3) is 0 Å². The molecule has 0 spiro atoms. The van der Waals surface area contributed by atoms with Crippen LogP contribution in [0, 0.1) is 15.9 Å². The lowest BCUT2D eigenvalue weighted by Gasteiger charge is -2.19. The summed E-state index contributed by atoms with van der Waals surface area (Å²) >= 11 is 1.44. The quantitative estimate of drug-likeness (QED) is 0.336. The molecule has 0 saturated heterocycles. The van der Waals surface area contributed by atoms with Crippen LogP contribution in [0.25, 0.3) is 10.9 Å².